The topological polar surface area (TPSA) is 84.2 Å². The number of amides is 2. The van der Waals surface area contributed by atoms with Crippen molar-refractivity contribution in [3.8, 4) is 0 Å². The second-order valence-corrected chi connectivity index (χ2v) is 5.60. The molecule has 0 aliphatic rings. The van der Waals surface area contributed by atoms with E-state index in [9.17, 15) is 9.59 Å². The minimum absolute atomic E-state index is 0.110. The fourth-order valence-corrected chi connectivity index (χ4v) is 2.28. The highest BCUT2D eigenvalue weighted by Crippen LogP contribution is 2.15. The van der Waals surface area contributed by atoms with Crippen molar-refractivity contribution in [2.45, 2.75) is 25.8 Å². The first kappa shape index (κ1) is 17.7. The molecule has 1 unspecified atom stereocenters. The maximum absolute atomic E-state index is 12.1. The van der Waals surface area contributed by atoms with Crippen LogP contribution in [0.15, 0.2) is 54.6 Å². The van der Waals surface area contributed by atoms with Gasteiger partial charge in [0.2, 0.25) is 5.91 Å². The Labute approximate surface area is 142 Å². The van der Waals surface area contributed by atoms with Crippen molar-refractivity contribution < 1.29 is 9.59 Å². The summed E-state index contributed by atoms with van der Waals surface area (Å²) in [4.78, 5) is 23.9. The normalized spacial score (nSPS) is 11.6. The molecule has 0 heterocycles. The third-order valence-electron chi connectivity index (χ3n) is 3.60. The Kier molecular flexibility index (Phi) is 6.51. The van der Waals surface area contributed by atoms with E-state index in [-0.39, 0.29) is 24.3 Å². The van der Waals surface area contributed by atoms with E-state index in [1.54, 1.807) is 24.3 Å². The molecular weight excluding hydrogens is 302 g/mol. The van der Waals surface area contributed by atoms with Gasteiger partial charge in [-0.2, -0.15) is 0 Å². The number of anilines is 1. The molecule has 0 saturated heterocycles. The van der Waals surface area contributed by atoms with Gasteiger partial charge in [-0.3, -0.25) is 9.59 Å². The lowest BCUT2D eigenvalue weighted by Gasteiger charge is -2.12. The molecule has 0 fully saturated rings. The van der Waals surface area contributed by atoms with Gasteiger partial charge in [-0.25, -0.2) is 0 Å². The van der Waals surface area contributed by atoms with Crippen LogP contribution in [-0.2, 0) is 4.79 Å². The van der Waals surface area contributed by atoms with Crippen LogP contribution in [0.4, 0.5) is 5.69 Å². The van der Waals surface area contributed by atoms with Gasteiger partial charge < -0.3 is 16.4 Å². The van der Waals surface area contributed by atoms with Gasteiger partial charge in [-0.05, 0) is 36.2 Å². The van der Waals surface area contributed by atoms with E-state index in [1.807, 2.05) is 37.3 Å². The Bertz CT molecular complexity index is 669. The van der Waals surface area contributed by atoms with Crippen LogP contribution >= 0.6 is 0 Å². The molecule has 5 nitrogen and oxygen atoms in total. The van der Waals surface area contributed by atoms with Crippen molar-refractivity contribution in [1.29, 1.82) is 0 Å². The second kappa shape index (κ2) is 8.84. The molecule has 2 aromatic carbocycles. The van der Waals surface area contributed by atoms with Crippen LogP contribution < -0.4 is 16.4 Å². The highest BCUT2D eigenvalue weighted by Gasteiger charge is 2.12. The number of nitrogens with two attached hydrogens (primary N) is 1. The Morgan fingerprint density at radius 2 is 1.71 bits per heavy atom. The van der Waals surface area contributed by atoms with Gasteiger partial charge in [0.1, 0.15) is 0 Å². The number of rotatable bonds is 7. The molecule has 2 aromatic rings. The van der Waals surface area contributed by atoms with Crippen molar-refractivity contribution in [2.24, 2.45) is 5.73 Å². The highest BCUT2D eigenvalue weighted by atomic mass is 16.2. The number of benzene rings is 2. The number of hydrogen-bond acceptors (Lipinski definition) is 3. The first-order chi connectivity index (χ1) is 11.6. The van der Waals surface area contributed by atoms with Gasteiger partial charge in [-0.15, -0.1) is 0 Å². The maximum Gasteiger partial charge on any atom is 0.251 e. The lowest BCUT2D eigenvalue weighted by molar-refractivity contribution is -0.116. The average molecular weight is 325 g/mol. The smallest absolute Gasteiger partial charge is 0.251 e. The van der Waals surface area contributed by atoms with Gasteiger partial charge in [0.05, 0.1) is 0 Å². The maximum atomic E-state index is 12.1. The summed E-state index contributed by atoms with van der Waals surface area (Å²) in [6.07, 6.45) is 1.09. The lowest BCUT2D eigenvalue weighted by Crippen LogP contribution is -2.24. The molecule has 2 rings (SSSR count). The number of nitrogens with one attached hydrogen (secondary N) is 2. The Morgan fingerprint density at radius 1 is 1.04 bits per heavy atom. The van der Waals surface area contributed by atoms with E-state index >= 15 is 0 Å². The van der Waals surface area contributed by atoms with Crippen molar-refractivity contribution in [2.75, 3.05) is 11.9 Å². The number of carbonyl (C=O) groups is 2. The Balaban J connectivity index is 1.89. The molecule has 5 heteroatoms. The molecule has 126 valence electrons. The summed E-state index contributed by atoms with van der Waals surface area (Å²) in [5.74, 6) is -0.268. The third kappa shape index (κ3) is 5.21. The van der Waals surface area contributed by atoms with E-state index in [1.165, 1.54) is 0 Å². The molecule has 24 heavy (non-hydrogen) atoms. The van der Waals surface area contributed by atoms with Crippen LogP contribution in [0.5, 0.6) is 0 Å². The SMILES string of the molecule is CCCNC(=O)c1ccc(NC(=O)CC(N)c2ccccc2)cc1. The van der Waals surface area contributed by atoms with Gasteiger partial charge >= 0.3 is 0 Å². The van der Waals surface area contributed by atoms with Crippen LogP contribution in [-0.4, -0.2) is 18.4 Å². The van der Waals surface area contributed by atoms with Gasteiger partial charge in [0.15, 0.2) is 0 Å². The first-order valence-corrected chi connectivity index (χ1v) is 8.08. The van der Waals surface area contributed by atoms with Gasteiger partial charge in [0.25, 0.3) is 5.91 Å². The lowest BCUT2D eigenvalue weighted by atomic mass is 10.0. The molecule has 0 aliphatic carbocycles. The predicted octanol–water partition coefficient (Wildman–Crippen LogP) is 2.86. The third-order valence-corrected chi connectivity index (χ3v) is 3.60. The summed E-state index contributed by atoms with van der Waals surface area (Å²) >= 11 is 0. The van der Waals surface area contributed by atoms with Crippen LogP contribution in [0.2, 0.25) is 0 Å². The minimum Gasteiger partial charge on any atom is -0.352 e. The minimum atomic E-state index is -0.342. The fourth-order valence-electron chi connectivity index (χ4n) is 2.28. The summed E-state index contributed by atoms with van der Waals surface area (Å²) in [5, 5.41) is 5.61. The first-order valence-electron chi connectivity index (χ1n) is 8.08. The van der Waals surface area contributed by atoms with E-state index in [0.717, 1.165) is 12.0 Å². The van der Waals surface area contributed by atoms with Crippen molar-refractivity contribution in [3.63, 3.8) is 0 Å². The van der Waals surface area contributed by atoms with Crippen LogP contribution in [0.3, 0.4) is 0 Å². The number of hydrogen-bond donors (Lipinski definition) is 3. The Morgan fingerprint density at radius 3 is 2.33 bits per heavy atom. The summed E-state index contributed by atoms with van der Waals surface area (Å²) in [5.41, 5.74) is 8.19. The fraction of sp³-hybridized carbons (Fsp3) is 0.263. The molecule has 0 spiro atoms. The monoisotopic (exact) mass is 325 g/mol. The second-order valence-electron chi connectivity index (χ2n) is 5.60. The highest BCUT2D eigenvalue weighted by molar-refractivity contribution is 5.95. The zero-order chi connectivity index (χ0) is 17.4. The summed E-state index contributed by atoms with van der Waals surface area (Å²) < 4.78 is 0. The van der Waals surface area contributed by atoms with Crippen LogP contribution in [0.25, 0.3) is 0 Å². The summed E-state index contributed by atoms with van der Waals surface area (Å²) in [6, 6.07) is 16.0. The molecule has 1 atom stereocenters. The van der Waals surface area contributed by atoms with E-state index in [0.29, 0.717) is 17.8 Å². The number of carbonyl (C=O) groups excluding carboxylic acids is 2. The molecule has 2 amide bonds. The molecule has 0 aromatic heterocycles. The van der Waals surface area contributed by atoms with Gasteiger partial charge in [0, 0.05) is 30.3 Å². The molecule has 0 aliphatic heterocycles. The predicted molar refractivity (Wildman–Crippen MR) is 95.7 cm³/mol. The van der Waals surface area contributed by atoms with E-state index in [2.05, 4.69) is 10.6 Å². The largest absolute Gasteiger partial charge is 0.352 e. The molecule has 4 N–H and O–H groups in total. The van der Waals surface area contributed by atoms with Crippen molar-refractivity contribution in [3.05, 3.63) is 65.7 Å². The van der Waals surface area contributed by atoms with Gasteiger partial charge in [-0.1, -0.05) is 37.3 Å². The van der Waals surface area contributed by atoms with Crippen LogP contribution in [0, 0.1) is 0 Å². The zero-order valence-corrected chi connectivity index (χ0v) is 13.8. The van der Waals surface area contributed by atoms with Crippen molar-refractivity contribution in [1.82, 2.24) is 5.32 Å². The standard InChI is InChI=1S/C19H23N3O2/c1-2-12-21-19(24)15-8-10-16(11-9-15)22-18(23)13-17(20)14-6-4-3-5-7-14/h3-11,17H,2,12-13,20H2,1H3,(H,21,24)(H,22,23). The van der Waals surface area contributed by atoms with E-state index in [4.69, 9.17) is 5.73 Å². The average Bonchev–Trinajstić information content (AvgIpc) is 2.61. The summed E-state index contributed by atoms with van der Waals surface area (Å²) in [7, 11) is 0. The molecule has 0 bridgehead atoms. The van der Waals surface area contributed by atoms with Crippen molar-refractivity contribution >= 4 is 17.5 Å². The molecule has 0 radical (unpaired) electrons. The van der Waals surface area contributed by atoms with Crippen LogP contribution in [0.1, 0.15) is 41.7 Å². The molecule has 0 saturated carbocycles. The zero-order valence-electron chi connectivity index (χ0n) is 13.8. The quantitative estimate of drug-likeness (QED) is 0.732. The van der Waals surface area contributed by atoms with E-state index < -0.39 is 0 Å². The summed E-state index contributed by atoms with van der Waals surface area (Å²) in [6.45, 7) is 2.65. The Hall–Kier alpha value is -2.66. The molecular formula is C19H23N3O2.